The first-order valence-electron chi connectivity index (χ1n) is 7.05. The number of aromatic nitrogens is 1. The van der Waals surface area contributed by atoms with Crippen LogP contribution in [0.15, 0.2) is 58.2 Å². The van der Waals surface area contributed by atoms with E-state index in [2.05, 4.69) is 4.98 Å². The zero-order chi connectivity index (χ0) is 16.9. The minimum absolute atomic E-state index is 0.0582. The maximum Gasteiger partial charge on any atom is 0.316 e. The molecule has 24 heavy (non-hydrogen) atoms. The van der Waals surface area contributed by atoms with Crippen molar-refractivity contribution in [3.8, 4) is 0 Å². The normalized spacial score (nSPS) is 10.7. The highest BCUT2D eigenvalue weighted by Crippen LogP contribution is 2.23. The second-order valence-corrected chi connectivity index (χ2v) is 5.73. The maximum absolute atomic E-state index is 13.4. The van der Waals surface area contributed by atoms with E-state index >= 15 is 0 Å². The van der Waals surface area contributed by atoms with Gasteiger partial charge in [-0.25, -0.2) is 9.37 Å². The van der Waals surface area contributed by atoms with Crippen LogP contribution < -0.4 is 0 Å². The Morgan fingerprint density at radius 3 is 2.67 bits per heavy atom. The Bertz CT molecular complexity index is 860. The van der Waals surface area contributed by atoms with Crippen LogP contribution in [0, 0.1) is 5.82 Å². The lowest BCUT2D eigenvalue weighted by Gasteiger charge is -2.04. The minimum atomic E-state index is -0.639. The van der Waals surface area contributed by atoms with Gasteiger partial charge in [0.1, 0.15) is 17.1 Å². The maximum atomic E-state index is 13.4. The Morgan fingerprint density at radius 2 is 1.88 bits per heavy atom. The first-order valence-corrected chi connectivity index (χ1v) is 8.04. The molecule has 0 atom stereocenters. The van der Waals surface area contributed by atoms with Gasteiger partial charge in [-0.2, -0.15) is 0 Å². The fourth-order valence-electron chi connectivity index (χ4n) is 1.99. The summed E-state index contributed by atoms with van der Waals surface area (Å²) in [4.78, 5) is 27.7. The first kappa shape index (κ1) is 16.2. The summed E-state index contributed by atoms with van der Waals surface area (Å²) in [7, 11) is 0. The summed E-state index contributed by atoms with van der Waals surface area (Å²) < 4.78 is 23.8. The molecule has 0 aliphatic heterocycles. The van der Waals surface area contributed by atoms with Gasteiger partial charge in [0.2, 0.25) is 5.78 Å². The zero-order valence-corrected chi connectivity index (χ0v) is 13.2. The molecule has 0 radical (unpaired) electrons. The minimum Gasteiger partial charge on any atom is -0.457 e. The van der Waals surface area contributed by atoms with Crippen LogP contribution in [-0.2, 0) is 9.53 Å². The van der Waals surface area contributed by atoms with E-state index in [1.807, 2.05) is 12.1 Å². The molecule has 3 rings (SSSR count). The van der Waals surface area contributed by atoms with E-state index in [-0.39, 0.29) is 11.3 Å². The van der Waals surface area contributed by atoms with Crippen molar-refractivity contribution in [2.75, 3.05) is 12.4 Å². The molecule has 0 unspecified atom stereocenters. The number of hydrogen-bond donors (Lipinski definition) is 0. The highest BCUT2D eigenvalue weighted by molar-refractivity contribution is 7.99. The number of oxazole rings is 1. The van der Waals surface area contributed by atoms with Gasteiger partial charge in [0.25, 0.3) is 5.22 Å². The average Bonchev–Trinajstić information content (AvgIpc) is 3.01. The van der Waals surface area contributed by atoms with E-state index < -0.39 is 24.2 Å². The van der Waals surface area contributed by atoms with Crippen molar-refractivity contribution in [3.05, 3.63) is 59.9 Å². The monoisotopic (exact) mass is 345 g/mol. The summed E-state index contributed by atoms with van der Waals surface area (Å²) in [6, 6.07) is 12.8. The Kier molecular flexibility index (Phi) is 4.90. The van der Waals surface area contributed by atoms with E-state index in [1.54, 1.807) is 18.2 Å². The summed E-state index contributed by atoms with van der Waals surface area (Å²) >= 11 is 1.07. The van der Waals surface area contributed by atoms with Gasteiger partial charge in [0.05, 0.1) is 5.56 Å². The molecule has 3 aromatic rings. The van der Waals surface area contributed by atoms with E-state index in [0.29, 0.717) is 16.3 Å². The molecule has 7 heteroatoms. The lowest BCUT2D eigenvalue weighted by Crippen LogP contribution is -2.16. The summed E-state index contributed by atoms with van der Waals surface area (Å²) in [6.45, 7) is -0.506. The standard InChI is InChI=1S/C17H12FNO4S/c18-12-6-2-1-5-11(12)14(20)9-22-16(21)10-24-17-19-13-7-3-4-8-15(13)23-17/h1-8H,9-10H2. The van der Waals surface area contributed by atoms with E-state index in [4.69, 9.17) is 9.15 Å². The van der Waals surface area contributed by atoms with Gasteiger partial charge in [0.15, 0.2) is 12.2 Å². The number of benzene rings is 2. The summed E-state index contributed by atoms with van der Waals surface area (Å²) in [5.41, 5.74) is 1.23. The third-order valence-electron chi connectivity index (χ3n) is 3.13. The smallest absolute Gasteiger partial charge is 0.316 e. The fourth-order valence-corrected chi connectivity index (χ4v) is 2.62. The summed E-state index contributed by atoms with van der Waals surface area (Å²) in [5.74, 6) is -1.89. The lowest BCUT2D eigenvalue weighted by atomic mass is 10.1. The van der Waals surface area contributed by atoms with E-state index in [1.165, 1.54) is 18.2 Å². The Labute approximate surface area is 140 Å². The number of carbonyl (C=O) groups is 2. The predicted molar refractivity (Wildman–Crippen MR) is 86.4 cm³/mol. The van der Waals surface area contributed by atoms with Crippen molar-refractivity contribution in [3.63, 3.8) is 0 Å². The lowest BCUT2D eigenvalue weighted by molar-refractivity contribution is -0.139. The molecule has 122 valence electrons. The number of hydrogen-bond acceptors (Lipinski definition) is 6. The number of ether oxygens (including phenoxy) is 1. The molecule has 5 nitrogen and oxygen atoms in total. The average molecular weight is 345 g/mol. The van der Waals surface area contributed by atoms with Gasteiger partial charge in [-0.1, -0.05) is 36.0 Å². The number of nitrogens with zero attached hydrogens (tertiary/aromatic N) is 1. The topological polar surface area (TPSA) is 69.4 Å². The molecule has 0 aliphatic carbocycles. The molecule has 0 aliphatic rings. The number of halogens is 1. The van der Waals surface area contributed by atoms with Gasteiger partial charge in [-0.05, 0) is 24.3 Å². The fraction of sp³-hybridized carbons (Fsp3) is 0.118. The number of Topliss-reactive ketones (excluding diaryl/α,β-unsaturated/α-hetero) is 1. The van der Waals surface area contributed by atoms with Crippen LogP contribution in [0.3, 0.4) is 0 Å². The van der Waals surface area contributed by atoms with Gasteiger partial charge < -0.3 is 9.15 Å². The van der Waals surface area contributed by atoms with Crippen molar-refractivity contribution < 1.29 is 23.1 Å². The van der Waals surface area contributed by atoms with Crippen LogP contribution in [0.25, 0.3) is 11.1 Å². The third kappa shape index (κ3) is 3.80. The highest BCUT2D eigenvalue weighted by Gasteiger charge is 2.15. The molecular weight excluding hydrogens is 333 g/mol. The van der Waals surface area contributed by atoms with Crippen molar-refractivity contribution in [2.45, 2.75) is 5.22 Å². The van der Waals surface area contributed by atoms with Gasteiger partial charge >= 0.3 is 5.97 Å². The SMILES string of the molecule is O=C(CSc1nc2ccccc2o1)OCC(=O)c1ccccc1F. The third-order valence-corrected chi connectivity index (χ3v) is 3.93. The molecule has 0 spiro atoms. The molecule has 2 aromatic carbocycles. The number of para-hydroxylation sites is 2. The van der Waals surface area contributed by atoms with Gasteiger partial charge in [0, 0.05) is 0 Å². The van der Waals surface area contributed by atoms with Crippen molar-refractivity contribution in [1.82, 2.24) is 4.98 Å². The molecular formula is C17H12FNO4S. The molecule has 0 fully saturated rings. The Morgan fingerprint density at radius 1 is 1.12 bits per heavy atom. The van der Waals surface area contributed by atoms with E-state index in [9.17, 15) is 14.0 Å². The second-order valence-electron chi connectivity index (χ2n) is 4.80. The second kappa shape index (κ2) is 7.27. The molecule has 1 heterocycles. The summed E-state index contributed by atoms with van der Waals surface area (Å²) in [6.07, 6.45) is 0. The van der Waals surface area contributed by atoms with Crippen LogP contribution in [0.1, 0.15) is 10.4 Å². The number of thioether (sulfide) groups is 1. The number of esters is 1. The summed E-state index contributed by atoms with van der Waals surface area (Å²) in [5, 5.41) is 0.341. The van der Waals surface area contributed by atoms with E-state index in [0.717, 1.165) is 11.8 Å². The van der Waals surface area contributed by atoms with Crippen LogP contribution in [0.4, 0.5) is 4.39 Å². The molecule has 0 N–H and O–H groups in total. The Hall–Kier alpha value is -2.67. The molecule has 0 amide bonds. The van der Waals surface area contributed by atoms with Gasteiger partial charge in [-0.15, -0.1) is 0 Å². The molecule has 1 aromatic heterocycles. The molecule has 0 saturated carbocycles. The zero-order valence-electron chi connectivity index (χ0n) is 12.4. The van der Waals surface area contributed by atoms with Crippen molar-refractivity contribution in [1.29, 1.82) is 0 Å². The predicted octanol–water partition coefficient (Wildman–Crippen LogP) is 3.49. The molecule has 0 saturated heterocycles. The highest BCUT2D eigenvalue weighted by atomic mass is 32.2. The molecule has 0 bridgehead atoms. The number of ketones is 1. The van der Waals surface area contributed by atoms with Gasteiger partial charge in [-0.3, -0.25) is 9.59 Å². The Balaban J connectivity index is 1.51. The van der Waals surface area contributed by atoms with Crippen molar-refractivity contribution in [2.24, 2.45) is 0 Å². The number of fused-ring (bicyclic) bond motifs is 1. The van der Waals surface area contributed by atoms with Crippen molar-refractivity contribution >= 4 is 34.6 Å². The number of carbonyl (C=O) groups excluding carboxylic acids is 2. The largest absolute Gasteiger partial charge is 0.457 e. The first-order chi connectivity index (χ1) is 11.6. The van der Waals surface area contributed by atoms with Crippen LogP contribution in [-0.4, -0.2) is 29.1 Å². The van der Waals surface area contributed by atoms with Crippen LogP contribution >= 0.6 is 11.8 Å². The number of rotatable bonds is 6. The van der Waals surface area contributed by atoms with Crippen LogP contribution in [0.5, 0.6) is 0 Å². The quantitative estimate of drug-likeness (QED) is 0.387. The van der Waals surface area contributed by atoms with Crippen LogP contribution in [0.2, 0.25) is 0 Å².